The Morgan fingerprint density at radius 1 is 1.29 bits per heavy atom. The van der Waals surface area contributed by atoms with Gasteiger partial charge in [0.15, 0.2) is 0 Å². The molecule has 40 valence electrons. The molecule has 0 aromatic carbocycles. The summed E-state index contributed by atoms with van der Waals surface area (Å²) in [5, 5.41) is 0. The maximum atomic E-state index is 9.44. The second kappa shape index (κ2) is 15.9. The van der Waals surface area contributed by atoms with Crippen LogP contribution >= 0.6 is 0 Å². The molecule has 0 N–H and O–H groups in total. The molecule has 0 aromatic heterocycles. The molecule has 2 heteroatoms. The van der Waals surface area contributed by atoms with Gasteiger partial charge in [0.25, 0.3) is 0 Å². The van der Waals surface area contributed by atoms with Crippen LogP contribution in [0.25, 0.3) is 0 Å². The van der Waals surface area contributed by atoms with Gasteiger partial charge in [0.2, 0.25) is 0 Å². The van der Waals surface area contributed by atoms with E-state index in [2.05, 4.69) is 13.2 Å². The Balaban J connectivity index is -0.0000000480. The summed E-state index contributed by atoms with van der Waals surface area (Å²) in [5.41, 5.74) is 0. The van der Waals surface area contributed by atoms with Gasteiger partial charge in [0.1, 0.15) is 5.78 Å². The molecule has 0 rings (SSSR count). The van der Waals surface area contributed by atoms with Gasteiger partial charge in [0, 0.05) is 0 Å². The van der Waals surface area contributed by atoms with E-state index in [0.717, 1.165) is 0 Å². The van der Waals surface area contributed by atoms with Gasteiger partial charge in [-0.05, 0) is 13.8 Å². The summed E-state index contributed by atoms with van der Waals surface area (Å²) in [4.78, 5) is 9.44. The van der Waals surface area contributed by atoms with Crippen molar-refractivity contribution >= 4 is 43.5 Å². The van der Waals surface area contributed by atoms with Gasteiger partial charge in [-0.3, -0.25) is 0 Å². The van der Waals surface area contributed by atoms with E-state index in [0.29, 0.717) is 0 Å². The summed E-state index contributed by atoms with van der Waals surface area (Å²) >= 11 is 0. The quantitative estimate of drug-likeness (QED) is 0.342. The molecule has 1 nitrogen and oxygen atoms in total. The predicted octanol–water partition coefficient (Wildman–Crippen LogP) is 0.481. The van der Waals surface area contributed by atoms with Crippen LogP contribution in [-0.4, -0.2) is 43.5 Å². The molecule has 0 heterocycles. The van der Waals surface area contributed by atoms with Gasteiger partial charge < -0.3 is 4.79 Å². The average Bonchev–Trinajstić information content (AvgIpc) is 1.41. The fourth-order valence-electron chi connectivity index (χ4n) is 0. The fraction of sp³-hybridized carbons (Fsp3) is 0.400. The molecular formula is C5H12CaO. The Bertz CT molecular complexity index is 39.3. The number of Topliss-reactive ketones (excluding diaryl/α,β-unsaturated/α-hetero) is 1. The summed E-state index contributed by atoms with van der Waals surface area (Å²) in [6, 6.07) is 0. The molecule has 0 bridgehead atoms. The number of hydrogen-bond acceptors (Lipinski definition) is 1. The van der Waals surface area contributed by atoms with Gasteiger partial charge in [-0.2, -0.15) is 0 Å². The zero-order valence-electron chi connectivity index (χ0n) is 4.32. The Morgan fingerprint density at radius 3 is 1.29 bits per heavy atom. The van der Waals surface area contributed by atoms with Crippen molar-refractivity contribution in [1.82, 2.24) is 0 Å². The van der Waals surface area contributed by atoms with E-state index in [1.165, 1.54) is 13.8 Å². The first-order valence-corrected chi connectivity index (χ1v) is 1.70. The van der Waals surface area contributed by atoms with E-state index in [9.17, 15) is 4.79 Å². The molecule has 0 amide bonds. The van der Waals surface area contributed by atoms with Gasteiger partial charge >= 0.3 is 37.7 Å². The monoisotopic (exact) mass is 128 g/mol. The van der Waals surface area contributed by atoms with E-state index < -0.39 is 0 Å². The van der Waals surface area contributed by atoms with Crippen LogP contribution in [0, 0.1) is 0 Å². The van der Waals surface area contributed by atoms with E-state index in [1.54, 1.807) is 0 Å². The molecule has 0 atom stereocenters. The van der Waals surface area contributed by atoms with Crippen molar-refractivity contribution in [2.45, 2.75) is 13.8 Å². The van der Waals surface area contributed by atoms with Crippen molar-refractivity contribution in [2.75, 3.05) is 0 Å². The zero-order valence-corrected chi connectivity index (χ0v) is 4.32. The third kappa shape index (κ3) is 324. The number of rotatable bonds is 0. The minimum atomic E-state index is 0. The van der Waals surface area contributed by atoms with E-state index >= 15 is 0 Å². The van der Waals surface area contributed by atoms with E-state index in [-0.39, 0.29) is 43.5 Å². The molecule has 0 aliphatic carbocycles. The zero-order chi connectivity index (χ0) is 5.58. The number of carbonyl (C=O) groups excluding carboxylic acids is 1. The number of ketones is 1. The first-order valence-electron chi connectivity index (χ1n) is 1.70. The van der Waals surface area contributed by atoms with Crippen LogP contribution in [0.1, 0.15) is 13.8 Å². The molecule has 0 unspecified atom stereocenters. The van der Waals surface area contributed by atoms with Crippen molar-refractivity contribution < 1.29 is 4.79 Å². The number of hydrogen-bond donors (Lipinski definition) is 0. The van der Waals surface area contributed by atoms with Crippen molar-refractivity contribution in [2.24, 2.45) is 0 Å². The first kappa shape index (κ1) is 15.6. The van der Waals surface area contributed by atoms with Gasteiger partial charge in [-0.15, -0.1) is 13.2 Å². The standard InChI is InChI=1S/C3H6O.C2H4.Ca.2H/c1-3(2)4;1-2;;;/h1-2H3;1-2H2;;;. The normalized spacial score (nSPS) is 4.29. The Labute approximate surface area is 74.8 Å². The molecule has 0 fully saturated rings. The van der Waals surface area contributed by atoms with Crippen molar-refractivity contribution in [3.05, 3.63) is 13.2 Å². The maximum absolute atomic E-state index is 9.44. The molecule has 0 aromatic rings. The number of carbonyl (C=O) groups is 1. The second-order valence-corrected chi connectivity index (χ2v) is 0.908. The van der Waals surface area contributed by atoms with Crippen LogP contribution in [-0.2, 0) is 4.79 Å². The summed E-state index contributed by atoms with van der Waals surface area (Å²) < 4.78 is 0. The molecule has 0 aliphatic rings. The Hall–Kier alpha value is 0.670. The van der Waals surface area contributed by atoms with E-state index in [4.69, 9.17) is 0 Å². The van der Waals surface area contributed by atoms with Crippen LogP contribution in [0.2, 0.25) is 0 Å². The first-order chi connectivity index (χ1) is 2.73. The van der Waals surface area contributed by atoms with Gasteiger partial charge in [0.05, 0.1) is 0 Å². The van der Waals surface area contributed by atoms with Crippen molar-refractivity contribution in [1.29, 1.82) is 0 Å². The Morgan fingerprint density at radius 2 is 1.29 bits per heavy atom. The molecule has 0 saturated heterocycles. The van der Waals surface area contributed by atoms with Crippen molar-refractivity contribution in [3.8, 4) is 0 Å². The summed E-state index contributed by atoms with van der Waals surface area (Å²) in [6.07, 6.45) is 0. The van der Waals surface area contributed by atoms with Gasteiger partial charge in [-0.25, -0.2) is 0 Å². The molecule has 0 saturated carbocycles. The SMILES string of the molecule is C=C.CC(C)=O.[CaH2]. The summed E-state index contributed by atoms with van der Waals surface area (Å²) in [6.45, 7) is 9.06. The summed E-state index contributed by atoms with van der Waals surface area (Å²) in [5.74, 6) is 0.167. The average molecular weight is 128 g/mol. The topological polar surface area (TPSA) is 17.1 Å². The molecule has 0 aliphatic heterocycles. The van der Waals surface area contributed by atoms with Crippen LogP contribution in [0.3, 0.4) is 0 Å². The molecule has 0 radical (unpaired) electrons. The van der Waals surface area contributed by atoms with Crippen molar-refractivity contribution in [3.63, 3.8) is 0 Å². The molecular weight excluding hydrogens is 116 g/mol. The third-order valence-electron chi connectivity index (χ3n) is 0. The van der Waals surface area contributed by atoms with Crippen LogP contribution in [0.15, 0.2) is 13.2 Å². The van der Waals surface area contributed by atoms with Crippen LogP contribution < -0.4 is 0 Å². The third-order valence-corrected chi connectivity index (χ3v) is 0. The second-order valence-electron chi connectivity index (χ2n) is 0.908. The minimum absolute atomic E-state index is 0. The van der Waals surface area contributed by atoms with Gasteiger partial charge in [-0.1, -0.05) is 0 Å². The summed E-state index contributed by atoms with van der Waals surface area (Å²) in [7, 11) is 0. The fourth-order valence-corrected chi connectivity index (χ4v) is 0. The van der Waals surface area contributed by atoms with Crippen LogP contribution in [0.4, 0.5) is 0 Å². The predicted molar refractivity (Wildman–Crippen MR) is 36.2 cm³/mol. The van der Waals surface area contributed by atoms with E-state index in [1.807, 2.05) is 0 Å². The Kier molecular flexibility index (Phi) is 35.6. The molecule has 7 heavy (non-hydrogen) atoms. The molecule has 0 spiro atoms. The van der Waals surface area contributed by atoms with Crippen LogP contribution in [0.5, 0.6) is 0 Å².